The molecule has 0 radical (unpaired) electrons. The fourth-order valence-corrected chi connectivity index (χ4v) is 2.47. The highest BCUT2D eigenvalue weighted by atomic mass is 16.4. The van der Waals surface area contributed by atoms with E-state index in [2.05, 4.69) is 6.08 Å². The zero-order valence-corrected chi connectivity index (χ0v) is 9.61. The van der Waals surface area contributed by atoms with E-state index in [1.165, 1.54) is 25.7 Å². The number of allylic oxidation sites excluding steroid dienone is 2. The SMILES string of the molecule is CC=CC1CCCCCCCC1C(=O)O. The van der Waals surface area contributed by atoms with E-state index in [1.54, 1.807) is 0 Å². The van der Waals surface area contributed by atoms with Crippen LogP contribution >= 0.6 is 0 Å². The average Bonchev–Trinajstić information content (AvgIpc) is 2.30. The Hall–Kier alpha value is -0.790. The van der Waals surface area contributed by atoms with Crippen LogP contribution in [0.4, 0.5) is 0 Å². The largest absolute Gasteiger partial charge is 0.481 e. The van der Waals surface area contributed by atoms with Gasteiger partial charge in [-0.05, 0) is 25.7 Å². The van der Waals surface area contributed by atoms with Crippen molar-refractivity contribution in [3.63, 3.8) is 0 Å². The first-order valence-corrected chi connectivity index (χ1v) is 6.11. The fourth-order valence-electron chi connectivity index (χ4n) is 2.47. The van der Waals surface area contributed by atoms with Gasteiger partial charge < -0.3 is 5.11 Å². The van der Waals surface area contributed by atoms with Gasteiger partial charge in [0.05, 0.1) is 5.92 Å². The van der Waals surface area contributed by atoms with Gasteiger partial charge in [-0.1, -0.05) is 44.3 Å². The molecule has 0 bridgehead atoms. The minimum absolute atomic E-state index is 0.153. The molecule has 86 valence electrons. The third kappa shape index (κ3) is 4.06. The third-order valence-electron chi connectivity index (χ3n) is 3.33. The molecule has 1 saturated carbocycles. The summed E-state index contributed by atoms with van der Waals surface area (Å²) in [7, 11) is 0. The molecule has 1 rings (SSSR count). The van der Waals surface area contributed by atoms with Crippen molar-refractivity contribution in [3.8, 4) is 0 Å². The van der Waals surface area contributed by atoms with Crippen molar-refractivity contribution in [2.24, 2.45) is 11.8 Å². The van der Waals surface area contributed by atoms with E-state index in [-0.39, 0.29) is 11.8 Å². The zero-order chi connectivity index (χ0) is 11.1. The molecule has 1 fully saturated rings. The van der Waals surface area contributed by atoms with Gasteiger partial charge in [0.15, 0.2) is 0 Å². The standard InChI is InChI=1S/C13H22O2/c1-2-8-11-9-6-4-3-5-7-10-12(11)13(14)15/h2,8,11-12H,3-7,9-10H2,1H3,(H,14,15). The monoisotopic (exact) mass is 210 g/mol. The molecule has 1 aliphatic rings. The summed E-state index contributed by atoms with van der Waals surface area (Å²) in [5.41, 5.74) is 0. The molecule has 1 N–H and O–H groups in total. The maximum Gasteiger partial charge on any atom is 0.307 e. The van der Waals surface area contributed by atoms with Crippen molar-refractivity contribution >= 4 is 5.97 Å². The van der Waals surface area contributed by atoms with Crippen molar-refractivity contribution < 1.29 is 9.90 Å². The smallest absolute Gasteiger partial charge is 0.307 e. The van der Waals surface area contributed by atoms with Gasteiger partial charge in [0, 0.05) is 0 Å². The number of rotatable bonds is 2. The lowest BCUT2D eigenvalue weighted by atomic mass is 9.85. The molecule has 2 unspecified atom stereocenters. The lowest BCUT2D eigenvalue weighted by Crippen LogP contribution is -2.22. The van der Waals surface area contributed by atoms with Crippen molar-refractivity contribution in [1.29, 1.82) is 0 Å². The van der Waals surface area contributed by atoms with Crippen LogP contribution in [0.2, 0.25) is 0 Å². The summed E-state index contributed by atoms with van der Waals surface area (Å²) in [4.78, 5) is 11.2. The van der Waals surface area contributed by atoms with E-state index in [0.29, 0.717) is 0 Å². The Balaban J connectivity index is 2.67. The molecule has 15 heavy (non-hydrogen) atoms. The minimum Gasteiger partial charge on any atom is -0.481 e. The number of hydrogen-bond donors (Lipinski definition) is 1. The van der Waals surface area contributed by atoms with Crippen LogP contribution in [0.1, 0.15) is 51.9 Å². The molecule has 0 heterocycles. The maximum absolute atomic E-state index is 11.2. The van der Waals surface area contributed by atoms with Gasteiger partial charge in [-0.3, -0.25) is 4.79 Å². The zero-order valence-electron chi connectivity index (χ0n) is 9.61. The Morgan fingerprint density at radius 1 is 1.13 bits per heavy atom. The summed E-state index contributed by atoms with van der Waals surface area (Å²) in [5, 5.41) is 9.21. The highest BCUT2D eigenvalue weighted by Crippen LogP contribution is 2.28. The second-order valence-corrected chi connectivity index (χ2v) is 4.48. The Kier molecular flexibility index (Phi) is 5.44. The molecule has 0 aromatic rings. The van der Waals surface area contributed by atoms with Crippen LogP contribution < -0.4 is 0 Å². The molecule has 0 aromatic heterocycles. The van der Waals surface area contributed by atoms with Gasteiger partial charge in [0.25, 0.3) is 0 Å². The third-order valence-corrected chi connectivity index (χ3v) is 3.33. The molecule has 2 atom stereocenters. The molecule has 2 heteroatoms. The maximum atomic E-state index is 11.2. The summed E-state index contributed by atoms with van der Waals surface area (Å²) in [6.07, 6.45) is 12.0. The van der Waals surface area contributed by atoms with E-state index >= 15 is 0 Å². The van der Waals surface area contributed by atoms with Crippen LogP contribution in [0.3, 0.4) is 0 Å². The first kappa shape index (κ1) is 12.3. The summed E-state index contributed by atoms with van der Waals surface area (Å²) < 4.78 is 0. The van der Waals surface area contributed by atoms with Gasteiger partial charge in [0.1, 0.15) is 0 Å². The highest BCUT2D eigenvalue weighted by molar-refractivity contribution is 5.70. The summed E-state index contributed by atoms with van der Waals surface area (Å²) in [6.45, 7) is 1.98. The Bertz CT molecular complexity index is 221. The fraction of sp³-hybridized carbons (Fsp3) is 0.769. The molecule has 0 spiro atoms. The predicted molar refractivity (Wildman–Crippen MR) is 61.7 cm³/mol. The normalized spacial score (nSPS) is 29.4. The summed E-state index contributed by atoms with van der Waals surface area (Å²) in [5.74, 6) is -0.509. The molecule has 0 aromatic carbocycles. The number of carboxylic acid groups (broad SMARTS) is 1. The van der Waals surface area contributed by atoms with Crippen molar-refractivity contribution in [1.82, 2.24) is 0 Å². The van der Waals surface area contributed by atoms with Crippen LogP contribution in [-0.4, -0.2) is 11.1 Å². The quantitative estimate of drug-likeness (QED) is 0.707. The van der Waals surface area contributed by atoms with Crippen molar-refractivity contribution in [3.05, 3.63) is 12.2 Å². The summed E-state index contributed by atoms with van der Waals surface area (Å²) >= 11 is 0. The van der Waals surface area contributed by atoms with E-state index in [9.17, 15) is 9.90 Å². The predicted octanol–water partition coefficient (Wildman–Crippen LogP) is 3.62. The molecule has 0 aliphatic heterocycles. The van der Waals surface area contributed by atoms with Gasteiger partial charge >= 0.3 is 5.97 Å². The lowest BCUT2D eigenvalue weighted by molar-refractivity contribution is -0.143. The first-order valence-electron chi connectivity index (χ1n) is 6.11. The van der Waals surface area contributed by atoms with E-state index in [4.69, 9.17) is 0 Å². The molecular weight excluding hydrogens is 188 g/mol. The number of hydrogen-bond acceptors (Lipinski definition) is 1. The second kappa shape index (κ2) is 6.65. The van der Waals surface area contributed by atoms with Crippen molar-refractivity contribution in [2.75, 3.05) is 0 Å². The lowest BCUT2D eigenvalue weighted by Gasteiger charge is -2.19. The second-order valence-electron chi connectivity index (χ2n) is 4.48. The summed E-state index contributed by atoms with van der Waals surface area (Å²) in [6, 6.07) is 0. The Labute approximate surface area is 92.4 Å². The van der Waals surface area contributed by atoms with E-state index < -0.39 is 5.97 Å². The number of carboxylic acids is 1. The number of carbonyl (C=O) groups is 1. The molecule has 2 nitrogen and oxygen atoms in total. The minimum atomic E-state index is -0.611. The van der Waals surface area contributed by atoms with Gasteiger partial charge in [-0.15, -0.1) is 0 Å². The van der Waals surface area contributed by atoms with Gasteiger partial charge in [-0.25, -0.2) is 0 Å². The van der Waals surface area contributed by atoms with E-state index in [1.807, 2.05) is 13.0 Å². The van der Waals surface area contributed by atoms with Crippen LogP contribution in [0.15, 0.2) is 12.2 Å². The van der Waals surface area contributed by atoms with Crippen LogP contribution in [0.5, 0.6) is 0 Å². The average molecular weight is 210 g/mol. The van der Waals surface area contributed by atoms with Gasteiger partial charge in [0.2, 0.25) is 0 Å². The van der Waals surface area contributed by atoms with Crippen LogP contribution in [-0.2, 0) is 4.79 Å². The van der Waals surface area contributed by atoms with Crippen LogP contribution in [0, 0.1) is 11.8 Å². The molecule has 0 saturated heterocycles. The molecular formula is C13H22O2. The Morgan fingerprint density at radius 3 is 2.33 bits per heavy atom. The topological polar surface area (TPSA) is 37.3 Å². The van der Waals surface area contributed by atoms with Gasteiger partial charge in [-0.2, -0.15) is 0 Å². The van der Waals surface area contributed by atoms with Crippen molar-refractivity contribution in [2.45, 2.75) is 51.9 Å². The highest BCUT2D eigenvalue weighted by Gasteiger charge is 2.25. The first-order chi connectivity index (χ1) is 7.25. The van der Waals surface area contributed by atoms with Crippen LogP contribution in [0.25, 0.3) is 0 Å². The molecule has 1 aliphatic carbocycles. The van der Waals surface area contributed by atoms with E-state index in [0.717, 1.165) is 19.3 Å². The molecule has 0 amide bonds. The Morgan fingerprint density at radius 2 is 1.73 bits per heavy atom. The number of aliphatic carboxylic acids is 1.